The first-order valence-corrected chi connectivity index (χ1v) is 9.59. The van der Waals surface area contributed by atoms with Crippen LogP contribution in [0.4, 0.5) is 20.4 Å². The molecule has 2 saturated carbocycles. The Morgan fingerprint density at radius 1 is 1.28 bits per heavy atom. The van der Waals surface area contributed by atoms with Crippen molar-refractivity contribution in [3.05, 3.63) is 41.5 Å². The summed E-state index contributed by atoms with van der Waals surface area (Å²) >= 11 is 0. The number of ether oxygens (including phenoxy) is 1. The van der Waals surface area contributed by atoms with Gasteiger partial charge in [0.1, 0.15) is 17.7 Å². The smallest absolute Gasteiger partial charge is 0.310 e. The lowest BCUT2D eigenvalue weighted by Gasteiger charge is -2.30. The van der Waals surface area contributed by atoms with Crippen molar-refractivity contribution >= 4 is 17.6 Å². The van der Waals surface area contributed by atoms with Crippen LogP contribution in [0.2, 0.25) is 0 Å². The number of carbonyl (C=O) groups excluding carboxylic acids is 1. The molecule has 2 aromatic rings. The van der Waals surface area contributed by atoms with Crippen LogP contribution < -0.4 is 16.2 Å². The highest BCUT2D eigenvalue weighted by molar-refractivity contribution is 5.74. The van der Waals surface area contributed by atoms with Gasteiger partial charge < -0.3 is 15.5 Å². The molecular formula is C19H20F2N6O2. The number of hydrazine groups is 1. The summed E-state index contributed by atoms with van der Waals surface area (Å²) in [6, 6.07) is 0.522. The van der Waals surface area contributed by atoms with Gasteiger partial charge in [0, 0.05) is 11.6 Å². The molecule has 152 valence electrons. The number of aromatic nitrogens is 3. The molecule has 8 nitrogen and oxygen atoms in total. The van der Waals surface area contributed by atoms with Crippen molar-refractivity contribution in [2.45, 2.75) is 31.3 Å². The molecule has 2 fully saturated rings. The van der Waals surface area contributed by atoms with Crippen LogP contribution in [0.25, 0.3) is 0 Å². The van der Waals surface area contributed by atoms with Crippen LogP contribution >= 0.6 is 0 Å². The zero-order chi connectivity index (χ0) is 20.1. The van der Waals surface area contributed by atoms with Gasteiger partial charge in [0.15, 0.2) is 17.5 Å². The Morgan fingerprint density at radius 3 is 2.97 bits per heavy atom. The fraction of sp³-hybridized carbons (Fsp3) is 0.474. The summed E-state index contributed by atoms with van der Waals surface area (Å²) in [4.78, 5) is 24.6. The zero-order valence-corrected chi connectivity index (χ0v) is 15.7. The fourth-order valence-corrected chi connectivity index (χ4v) is 4.52. The summed E-state index contributed by atoms with van der Waals surface area (Å²) in [5, 5.41) is 3.14. The van der Waals surface area contributed by atoms with Gasteiger partial charge in [0.2, 0.25) is 0 Å². The number of methoxy groups -OCH3 is 1. The van der Waals surface area contributed by atoms with E-state index in [1.54, 1.807) is 0 Å². The van der Waals surface area contributed by atoms with E-state index in [1.165, 1.54) is 13.2 Å². The number of rotatable bonds is 4. The van der Waals surface area contributed by atoms with Gasteiger partial charge in [-0.25, -0.2) is 29.2 Å². The van der Waals surface area contributed by atoms with Crippen LogP contribution in [0.1, 0.15) is 36.7 Å². The third-order valence-electron chi connectivity index (χ3n) is 6.08. The Labute approximate surface area is 165 Å². The Bertz CT molecular complexity index is 974. The number of halogens is 2. The average Bonchev–Trinajstić information content (AvgIpc) is 3.41. The first kappa shape index (κ1) is 18.2. The molecule has 10 heteroatoms. The van der Waals surface area contributed by atoms with Crippen molar-refractivity contribution in [1.29, 1.82) is 0 Å². The molecule has 0 spiro atoms. The maximum Gasteiger partial charge on any atom is 0.310 e. The molecule has 1 aliphatic heterocycles. The Morgan fingerprint density at radius 2 is 2.14 bits per heavy atom. The van der Waals surface area contributed by atoms with Crippen LogP contribution in [0.15, 0.2) is 18.5 Å². The van der Waals surface area contributed by atoms with E-state index in [0.717, 1.165) is 25.2 Å². The fourth-order valence-electron chi connectivity index (χ4n) is 4.52. The third-order valence-corrected chi connectivity index (χ3v) is 6.08. The minimum atomic E-state index is -0.608. The van der Waals surface area contributed by atoms with Gasteiger partial charge in [-0.15, -0.1) is 0 Å². The summed E-state index contributed by atoms with van der Waals surface area (Å²) in [7, 11) is 1.37. The van der Waals surface area contributed by atoms with Crippen molar-refractivity contribution in [2.75, 3.05) is 17.9 Å². The van der Waals surface area contributed by atoms with Gasteiger partial charge in [-0.2, -0.15) is 0 Å². The van der Waals surface area contributed by atoms with E-state index in [1.807, 2.05) is 0 Å². The van der Waals surface area contributed by atoms with Gasteiger partial charge in [-0.1, -0.05) is 0 Å². The number of pyridine rings is 1. The van der Waals surface area contributed by atoms with Gasteiger partial charge in [0.25, 0.3) is 0 Å². The van der Waals surface area contributed by atoms with E-state index in [4.69, 9.17) is 4.74 Å². The molecule has 29 heavy (non-hydrogen) atoms. The van der Waals surface area contributed by atoms with E-state index in [0.29, 0.717) is 29.6 Å². The minimum Gasteiger partial charge on any atom is -0.469 e. The first-order chi connectivity index (χ1) is 14.0. The van der Waals surface area contributed by atoms with Crippen molar-refractivity contribution in [2.24, 2.45) is 17.8 Å². The van der Waals surface area contributed by atoms with E-state index in [-0.39, 0.29) is 29.6 Å². The lowest BCUT2D eigenvalue weighted by Crippen LogP contribution is -2.40. The van der Waals surface area contributed by atoms with Crippen molar-refractivity contribution < 1.29 is 18.3 Å². The number of nitrogens with one attached hydrogen (secondary N) is 3. The van der Waals surface area contributed by atoms with Crippen LogP contribution in [-0.4, -0.2) is 34.1 Å². The monoisotopic (exact) mass is 402 g/mol. The number of carbonyl (C=O) groups is 1. The van der Waals surface area contributed by atoms with Crippen molar-refractivity contribution in [3.63, 3.8) is 0 Å². The Hall–Kier alpha value is -2.88. The van der Waals surface area contributed by atoms with Crippen LogP contribution in [0.5, 0.6) is 0 Å². The highest BCUT2D eigenvalue weighted by Crippen LogP contribution is 2.52. The molecule has 3 aliphatic rings. The minimum absolute atomic E-state index is 0.0288. The maximum absolute atomic E-state index is 14.5. The molecule has 0 aromatic carbocycles. The van der Waals surface area contributed by atoms with Gasteiger partial charge >= 0.3 is 5.97 Å². The molecule has 4 unspecified atom stereocenters. The topological polar surface area (TPSA) is 101 Å². The third kappa shape index (κ3) is 3.17. The molecule has 0 radical (unpaired) electrons. The van der Waals surface area contributed by atoms with E-state index >= 15 is 0 Å². The standard InChI is InChI=1S/C19H20F2N6O2/c1-29-19(28)10-3-2-8-4-11(8)14(10)24-17-13(21)7-23-18(25-17)15-12-5-9(20)6-22-16(12)27-26-15/h5-8,10-11,14-15,26H,2-4H2,1H3,(H,22,27)(H,23,24,25)/t8?,10-,11?,14?,15?/m1/s1. The molecule has 2 aromatic heterocycles. The summed E-state index contributed by atoms with van der Waals surface area (Å²) in [5.41, 5.74) is 6.33. The summed E-state index contributed by atoms with van der Waals surface area (Å²) in [6.07, 6.45) is 4.88. The SMILES string of the molecule is COC(=O)[C@@H]1CCC2CC2C1Nc1nc(C2NNc3ncc(F)cc32)ncc1F. The van der Waals surface area contributed by atoms with Gasteiger partial charge in [0.05, 0.1) is 25.4 Å². The molecule has 0 saturated heterocycles. The molecule has 0 amide bonds. The van der Waals surface area contributed by atoms with Gasteiger partial charge in [-0.3, -0.25) is 4.79 Å². The summed E-state index contributed by atoms with van der Waals surface area (Å²) in [6.45, 7) is 0. The largest absolute Gasteiger partial charge is 0.469 e. The Kier molecular flexibility index (Phi) is 4.30. The number of anilines is 2. The van der Waals surface area contributed by atoms with Crippen LogP contribution in [-0.2, 0) is 9.53 Å². The lowest BCUT2D eigenvalue weighted by molar-refractivity contribution is -0.147. The van der Waals surface area contributed by atoms with Crippen LogP contribution in [0, 0.1) is 29.4 Å². The quantitative estimate of drug-likeness (QED) is 0.669. The maximum atomic E-state index is 14.5. The second kappa shape index (κ2) is 6.87. The predicted molar refractivity (Wildman–Crippen MR) is 98.5 cm³/mol. The number of fused-ring (bicyclic) bond motifs is 2. The number of hydrogen-bond acceptors (Lipinski definition) is 8. The number of nitrogens with zero attached hydrogens (tertiary/aromatic N) is 3. The zero-order valence-electron chi connectivity index (χ0n) is 15.7. The highest BCUT2D eigenvalue weighted by Gasteiger charge is 2.52. The van der Waals surface area contributed by atoms with Crippen molar-refractivity contribution in [3.8, 4) is 0 Å². The average molecular weight is 402 g/mol. The van der Waals surface area contributed by atoms with Gasteiger partial charge in [-0.05, 0) is 37.2 Å². The summed E-state index contributed by atoms with van der Waals surface area (Å²) < 4.78 is 33.1. The molecule has 2 aliphatic carbocycles. The second-order valence-corrected chi connectivity index (χ2v) is 7.76. The second-order valence-electron chi connectivity index (χ2n) is 7.76. The summed E-state index contributed by atoms with van der Waals surface area (Å²) in [5.74, 6) is -0.0997. The van der Waals surface area contributed by atoms with Crippen LogP contribution in [0.3, 0.4) is 0 Å². The van der Waals surface area contributed by atoms with E-state index in [2.05, 4.69) is 31.1 Å². The molecule has 5 rings (SSSR count). The molecular weight excluding hydrogens is 382 g/mol. The molecule has 5 atom stereocenters. The normalized spacial score (nSPS) is 29.4. The lowest BCUT2D eigenvalue weighted by atomic mass is 9.84. The van der Waals surface area contributed by atoms with E-state index in [9.17, 15) is 13.6 Å². The Balaban J connectivity index is 1.44. The van der Waals surface area contributed by atoms with E-state index < -0.39 is 17.7 Å². The number of esters is 1. The molecule has 3 heterocycles. The number of hydrogen-bond donors (Lipinski definition) is 3. The highest BCUT2D eigenvalue weighted by atomic mass is 19.1. The van der Waals surface area contributed by atoms with Crippen molar-refractivity contribution in [1.82, 2.24) is 20.4 Å². The molecule has 3 N–H and O–H groups in total. The molecule has 0 bridgehead atoms. The first-order valence-electron chi connectivity index (χ1n) is 9.59. The predicted octanol–water partition coefficient (Wildman–Crippen LogP) is 2.17.